The van der Waals surface area contributed by atoms with Gasteiger partial charge in [-0.05, 0) is 24.2 Å². The fraction of sp³-hybridized carbons (Fsp3) is 0.867. The zero-order valence-corrected chi connectivity index (χ0v) is 13.9. The second-order valence-corrected chi connectivity index (χ2v) is 8.79. The number of carbonyl (C=O) groups is 1. The van der Waals surface area contributed by atoms with Gasteiger partial charge in [0.25, 0.3) is 0 Å². The van der Waals surface area contributed by atoms with E-state index in [4.69, 9.17) is 5.26 Å². The Kier molecular flexibility index (Phi) is 4.20. The van der Waals surface area contributed by atoms with Gasteiger partial charge in [0.05, 0.1) is 11.8 Å². The zero-order chi connectivity index (χ0) is 15.9. The normalized spacial score (nSPS) is 30.8. The highest BCUT2D eigenvalue weighted by atomic mass is 32.2. The number of fused-ring (bicyclic) bond motifs is 2. The summed E-state index contributed by atoms with van der Waals surface area (Å²) in [4.78, 5) is 12.4. The van der Waals surface area contributed by atoms with Crippen LogP contribution in [0.5, 0.6) is 0 Å². The van der Waals surface area contributed by atoms with Crippen molar-refractivity contribution in [3.05, 3.63) is 0 Å². The van der Waals surface area contributed by atoms with Crippen molar-refractivity contribution in [3.8, 4) is 6.07 Å². The molecule has 6 heteroatoms. The van der Waals surface area contributed by atoms with E-state index in [1.807, 2.05) is 19.9 Å². The van der Waals surface area contributed by atoms with E-state index in [0.717, 1.165) is 6.42 Å². The molecule has 0 heterocycles. The monoisotopic (exact) mass is 312 g/mol. The van der Waals surface area contributed by atoms with Crippen LogP contribution in [-0.2, 0) is 14.8 Å². The molecule has 0 aromatic rings. The highest BCUT2D eigenvalue weighted by Crippen LogP contribution is 2.64. The van der Waals surface area contributed by atoms with Crippen LogP contribution in [0.3, 0.4) is 0 Å². The molecule has 2 unspecified atom stereocenters. The van der Waals surface area contributed by atoms with Crippen molar-refractivity contribution in [3.63, 3.8) is 0 Å². The van der Waals surface area contributed by atoms with Gasteiger partial charge < -0.3 is 0 Å². The van der Waals surface area contributed by atoms with E-state index in [1.54, 1.807) is 6.92 Å². The maximum atomic E-state index is 12.7. The van der Waals surface area contributed by atoms with E-state index in [1.165, 1.54) is 4.31 Å². The molecule has 0 saturated heterocycles. The molecule has 2 fully saturated rings. The van der Waals surface area contributed by atoms with E-state index < -0.39 is 15.4 Å². The smallest absolute Gasteiger partial charge is 0.215 e. The third-order valence-corrected chi connectivity index (χ3v) is 7.87. The molecule has 5 nitrogen and oxygen atoms in total. The quantitative estimate of drug-likeness (QED) is 0.751. The number of nitriles is 1. The molecule has 2 rings (SSSR count). The predicted octanol–water partition coefficient (Wildman–Crippen LogP) is 1.95. The van der Waals surface area contributed by atoms with Crippen LogP contribution in [0.1, 0.15) is 46.5 Å². The molecule has 2 atom stereocenters. The van der Waals surface area contributed by atoms with Gasteiger partial charge in [-0.2, -0.15) is 5.26 Å². The molecule has 2 saturated carbocycles. The van der Waals surface area contributed by atoms with Crippen molar-refractivity contribution in [2.45, 2.75) is 46.5 Å². The minimum atomic E-state index is -3.51. The van der Waals surface area contributed by atoms with Crippen LogP contribution < -0.4 is 0 Å². The first-order valence-corrected chi connectivity index (χ1v) is 9.20. The number of hydrogen-bond donors (Lipinski definition) is 0. The lowest BCUT2D eigenvalue weighted by atomic mass is 9.70. The maximum Gasteiger partial charge on any atom is 0.215 e. The van der Waals surface area contributed by atoms with Gasteiger partial charge in [0.15, 0.2) is 0 Å². The van der Waals surface area contributed by atoms with Crippen LogP contribution in [0, 0.1) is 28.1 Å². The lowest BCUT2D eigenvalue weighted by Gasteiger charge is -2.37. The van der Waals surface area contributed by atoms with Crippen LogP contribution >= 0.6 is 0 Å². The largest absolute Gasteiger partial charge is 0.299 e. The highest BCUT2D eigenvalue weighted by Gasteiger charge is 2.65. The van der Waals surface area contributed by atoms with Gasteiger partial charge in [-0.1, -0.05) is 20.8 Å². The molecular weight excluding hydrogens is 288 g/mol. The molecule has 0 aromatic heterocycles. The van der Waals surface area contributed by atoms with Crippen molar-refractivity contribution in [1.82, 2.24) is 4.31 Å². The van der Waals surface area contributed by atoms with Crippen molar-refractivity contribution in [1.29, 1.82) is 5.26 Å². The molecule has 21 heavy (non-hydrogen) atoms. The van der Waals surface area contributed by atoms with E-state index in [2.05, 4.69) is 0 Å². The fourth-order valence-electron chi connectivity index (χ4n) is 4.18. The van der Waals surface area contributed by atoms with Crippen molar-refractivity contribution in [2.75, 3.05) is 18.8 Å². The molecule has 2 bridgehead atoms. The van der Waals surface area contributed by atoms with Crippen LogP contribution in [-0.4, -0.2) is 37.3 Å². The summed E-state index contributed by atoms with van der Waals surface area (Å²) in [6.07, 6.45) is 2.32. The van der Waals surface area contributed by atoms with E-state index >= 15 is 0 Å². The number of ketones is 1. The fourth-order valence-corrected chi connectivity index (χ4v) is 6.42. The Balaban J connectivity index is 2.27. The minimum Gasteiger partial charge on any atom is -0.299 e. The number of nitrogens with zero attached hydrogens (tertiary/aromatic N) is 2. The summed E-state index contributed by atoms with van der Waals surface area (Å²) >= 11 is 0. The van der Waals surface area contributed by atoms with Gasteiger partial charge in [-0.15, -0.1) is 0 Å². The van der Waals surface area contributed by atoms with Crippen LogP contribution in [0.2, 0.25) is 0 Å². The summed E-state index contributed by atoms with van der Waals surface area (Å²) in [5, 5.41) is 8.66. The Morgan fingerprint density at radius 3 is 2.52 bits per heavy atom. The Hall–Kier alpha value is -0.930. The number of Topliss-reactive ketones (excluding diaryl/α,β-unsaturated/α-hetero) is 1. The summed E-state index contributed by atoms with van der Waals surface area (Å²) in [6, 6.07) is 1.98. The lowest BCUT2D eigenvalue weighted by Crippen LogP contribution is -2.46. The molecule has 118 valence electrons. The molecule has 0 aliphatic heterocycles. The second-order valence-electron chi connectivity index (χ2n) is 6.82. The summed E-state index contributed by atoms with van der Waals surface area (Å²) in [7, 11) is -3.51. The van der Waals surface area contributed by atoms with E-state index in [0.29, 0.717) is 25.3 Å². The first-order valence-electron chi connectivity index (χ1n) is 7.59. The lowest BCUT2D eigenvalue weighted by molar-refractivity contribution is -0.128. The predicted molar refractivity (Wildman–Crippen MR) is 79.8 cm³/mol. The van der Waals surface area contributed by atoms with Gasteiger partial charge in [0, 0.05) is 31.3 Å². The van der Waals surface area contributed by atoms with Crippen molar-refractivity contribution >= 4 is 15.8 Å². The number of sulfonamides is 1. The summed E-state index contributed by atoms with van der Waals surface area (Å²) in [5.74, 6) is 0.333. The first kappa shape index (κ1) is 16.4. The van der Waals surface area contributed by atoms with Gasteiger partial charge >= 0.3 is 0 Å². The van der Waals surface area contributed by atoms with Gasteiger partial charge in [-0.25, -0.2) is 12.7 Å². The van der Waals surface area contributed by atoms with Crippen LogP contribution in [0.4, 0.5) is 0 Å². The molecule has 0 amide bonds. The molecule has 0 N–H and O–H groups in total. The van der Waals surface area contributed by atoms with E-state index in [9.17, 15) is 13.2 Å². The van der Waals surface area contributed by atoms with Crippen molar-refractivity contribution < 1.29 is 13.2 Å². The van der Waals surface area contributed by atoms with E-state index in [-0.39, 0.29) is 29.9 Å². The third kappa shape index (κ3) is 2.40. The van der Waals surface area contributed by atoms with Crippen LogP contribution in [0.25, 0.3) is 0 Å². The van der Waals surface area contributed by atoms with Crippen LogP contribution in [0.15, 0.2) is 0 Å². The molecule has 0 aromatic carbocycles. The topological polar surface area (TPSA) is 78.2 Å². The SMILES string of the molecule is CCN(CCC#N)S(=O)(=O)CC12CCC(CC1=O)C2(C)C. The summed E-state index contributed by atoms with van der Waals surface area (Å²) < 4.78 is 26.8. The van der Waals surface area contributed by atoms with Gasteiger partial charge in [0.1, 0.15) is 5.78 Å². The number of carbonyl (C=O) groups excluding carboxylic acids is 1. The first-order chi connectivity index (χ1) is 9.71. The summed E-state index contributed by atoms with van der Waals surface area (Å²) in [5.41, 5.74) is -0.970. The standard InChI is InChI=1S/C15H24N2O3S/c1-4-17(9-5-8-16)21(19,20)11-15-7-6-12(10-13(15)18)14(15,2)3/h12H,4-7,9-11H2,1-3H3. The number of hydrogen-bond acceptors (Lipinski definition) is 4. The minimum absolute atomic E-state index is 0.0956. The molecule has 2 aliphatic carbocycles. The van der Waals surface area contributed by atoms with Gasteiger partial charge in [0.2, 0.25) is 10.0 Å². The highest BCUT2D eigenvalue weighted by molar-refractivity contribution is 7.89. The third-order valence-electron chi connectivity index (χ3n) is 5.79. The van der Waals surface area contributed by atoms with Crippen molar-refractivity contribution in [2.24, 2.45) is 16.7 Å². The molecular formula is C15H24N2O3S. The Bertz CT molecular complexity index is 576. The maximum absolute atomic E-state index is 12.7. The molecule has 0 radical (unpaired) electrons. The summed E-state index contributed by atoms with van der Waals surface area (Å²) in [6.45, 7) is 6.40. The Morgan fingerprint density at radius 2 is 2.10 bits per heavy atom. The zero-order valence-electron chi connectivity index (χ0n) is 13.1. The Morgan fingerprint density at radius 1 is 1.43 bits per heavy atom. The average Bonchev–Trinajstić information content (AvgIpc) is 2.72. The van der Waals surface area contributed by atoms with Gasteiger partial charge in [-0.3, -0.25) is 4.79 Å². The number of rotatable bonds is 6. The second kappa shape index (κ2) is 5.36. The average molecular weight is 312 g/mol. The Labute approximate surface area is 127 Å². The molecule has 0 spiro atoms. The molecule has 2 aliphatic rings.